The summed E-state index contributed by atoms with van der Waals surface area (Å²) in [6.07, 6.45) is 0. The van der Waals surface area contributed by atoms with Gasteiger partial charge in [-0.3, -0.25) is 0 Å². The fraction of sp³-hybridized carbons (Fsp3) is 0. The van der Waals surface area contributed by atoms with Crippen LogP contribution in [0.25, 0.3) is 93.8 Å². The van der Waals surface area contributed by atoms with Gasteiger partial charge in [0.2, 0.25) is 0 Å². The molecule has 3 heterocycles. The number of para-hydroxylation sites is 3. The first-order valence-electron chi connectivity index (χ1n) is 16.4. The minimum absolute atomic E-state index is 0.227. The molecule has 10 aromatic rings. The molecule has 0 fully saturated rings. The number of rotatable bonds is 4. The lowest BCUT2D eigenvalue weighted by atomic mass is 9.96. The quantitative estimate of drug-likeness (QED) is 0.110. The normalized spacial score (nSPS) is 11.8. The monoisotopic (exact) mass is 630 g/mol. The largest absolute Gasteiger partial charge is 0.556 e. The lowest BCUT2D eigenvalue weighted by molar-refractivity contribution is 0.570. The molecule has 0 amide bonds. The van der Waals surface area contributed by atoms with E-state index in [2.05, 4.69) is 124 Å². The SMILES string of the molecule is O=c1[oH+]c2cc(-c3ccc(-c4cc5ccccc5n4-c4ccccc4)cc3)ccc2c2ccc(-c3cccc4oc5ccccc5c34)cc12. The molecule has 0 saturated heterocycles. The van der Waals surface area contributed by atoms with Crippen LogP contribution in [0, 0.1) is 0 Å². The third kappa shape index (κ3) is 4.35. The Morgan fingerprint density at radius 1 is 0.490 bits per heavy atom. The molecule has 49 heavy (non-hydrogen) atoms. The smallest absolute Gasteiger partial charge is 0.518 e. The minimum Gasteiger partial charge on any atom is -0.518 e. The molecule has 0 aliphatic heterocycles. The third-order valence-electron chi connectivity index (χ3n) is 9.71. The van der Waals surface area contributed by atoms with E-state index in [4.69, 9.17) is 4.42 Å². The molecule has 3 aromatic heterocycles. The lowest BCUT2D eigenvalue weighted by Gasteiger charge is -2.12. The number of fused-ring (bicyclic) bond motifs is 7. The highest BCUT2D eigenvalue weighted by molar-refractivity contribution is 6.13. The van der Waals surface area contributed by atoms with Crippen molar-refractivity contribution in [3.63, 3.8) is 0 Å². The summed E-state index contributed by atoms with van der Waals surface area (Å²) in [6, 6.07) is 56.4. The standard InChI is InChI=1S/C45H27NO3/c47-45-38-25-31(34-13-8-16-42-44(34)37-12-5-7-15-41(37)48-42)22-23-35(38)36-24-21-30(27-43(36)49-45)28-17-19-29(20-18-28)40-26-32-9-4-6-14-39(32)46(40)33-10-2-1-3-11-33/h1-27H/p+1. The molecule has 0 atom stereocenters. The Morgan fingerprint density at radius 2 is 1.20 bits per heavy atom. The van der Waals surface area contributed by atoms with E-state index in [0.29, 0.717) is 11.0 Å². The van der Waals surface area contributed by atoms with E-state index in [1.54, 1.807) is 0 Å². The van der Waals surface area contributed by atoms with Gasteiger partial charge in [0.25, 0.3) is 0 Å². The van der Waals surface area contributed by atoms with E-state index < -0.39 is 0 Å². The number of aromatic nitrogens is 1. The molecule has 0 saturated carbocycles. The van der Waals surface area contributed by atoms with E-state index in [-0.39, 0.29) is 5.63 Å². The van der Waals surface area contributed by atoms with Crippen molar-refractivity contribution in [2.24, 2.45) is 0 Å². The molecule has 1 N–H and O–H groups in total. The zero-order valence-corrected chi connectivity index (χ0v) is 26.3. The highest BCUT2D eigenvalue weighted by Gasteiger charge is 2.18. The molecule has 0 bridgehead atoms. The zero-order chi connectivity index (χ0) is 32.5. The Bertz CT molecular complexity index is 2950. The molecule has 0 unspecified atom stereocenters. The fourth-order valence-electron chi connectivity index (χ4n) is 7.40. The average Bonchev–Trinajstić information content (AvgIpc) is 3.74. The van der Waals surface area contributed by atoms with Crippen molar-refractivity contribution in [3.8, 4) is 39.2 Å². The van der Waals surface area contributed by atoms with Gasteiger partial charge < -0.3 is 13.4 Å². The van der Waals surface area contributed by atoms with Crippen molar-refractivity contribution < 1.29 is 8.83 Å². The number of nitrogens with zero attached hydrogens (tertiary/aromatic N) is 1. The van der Waals surface area contributed by atoms with Crippen molar-refractivity contribution in [1.82, 2.24) is 4.57 Å². The summed E-state index contributed by atoms with van der Waals surface area (Å²) < 4.78 is 13.0. The first-order valence-corrected chi connectivity index (χ1v) is 16.4. The maximum absolute atomic E-state index is 13.5. The van der Waals surface area contributed by atoms with Gasteiger partial charge in [-0.2, -0.15) is 0 Å². The van der Waals surface area contributed by atoms with Crippen molar-refractivity contribution in [1.29, 1.82) is 0 Å². The van der Waals surface area contributed by atoms with E-state index >= 15 is 0 Å². The van der Waals surface area contributed by atoms with Gasteiger partial charge in [0.05, 0.1) is 11.2 Å². The van der Waals surface area contributed by atoms with E-state index in [0.717, 1.165) is 71.9 Å². The fourth-order valence-corrected chi connectivity index (χ4v) is 7.40. The van der Waals surface area contributed by atoms with Gasteiger partial charge in [-0.1, -0.05) is 109 Å². The van der Waals surface area contributed by atoms with Crippen LogP contribution in [-0.2, 0) is 0 Å². The van der Waals surface area contributed by atoms with Gasteiger partial charge in [-0.05, 0) is 76.3 Å². The van der Waals surface area contributed by atoms with Crippen LogP contribution < -0.4 is 5.63 Å². The van der Waals surface area contributed by atoms with Gasteiger partial charge in [0.1, 0.15) is 16.6 Å². The summed E-state index contributed by atoms with van der Waals surface area (Å²) in [5.41, 5.74) is 10.8. The molecule has 7 aromatic carbocycles. The summed E-state index contributed by atoms with van der Waals surface area (Å²) >= 11 is 0. The first kappa shape index (κ1) is 27.5. The molecule has 10 rings (SSSR count). The summed E-state index contributed by atoms with van der Waals surface area (Å²) in [4.78, 5) is 13.5. The molecular formula is C45H28NO3+. The van der Waals surface area contributed by atoms with Crippen LogP contribution in [0.2, 0.25) is 0 Å². The van der Waals surface area contributed by atoms with Crippen LogP contribution in [-0.4, -0.2) is 4.57 Å². The van der Waals surface area contributed by atoms with Gasteiger partial charge >= 0.3 is 5.63 Å². The highest BCUT2D eigenvalue weighted by atomic mass is 16.4. The Hall–Kier alpha value is -6.65. The zero-order valence-electron chi connectivity index (χ0n) is 26.3. The molecule has 0 aliphatic rings. The van der Waals surface area contributed by atoms with Crippen LogP contribution in [0.4, 0.5) is 0 Å². The Labute approximate surface area is 280 Å². The number of hydrogen-bond acceptors (Lipinski definition) is 2. The summed E-state index contributed by atoms with van der Waals surface area (Å²) in [5.74, 6) is 0. The minimum atomic E-state index is -0.227. The van der Waals surface area contributed by atoms with E-state index in [1.165, 1.54) is 10.9 Å². The molecule has 230 valence electrons. The second kappa shape index (κ2) is 10.7. The number of benzene rings is 7. The predicted molar refractivity (Wildman–Crippen MR) is 202 cm³/mol. The Balaban J connectivity index is 1.04. The maximum atomic E-state index is 13.5. The highest BCUT2D eigenvalue weighted by Crippen LogP contribution is 2.38. The van der Waals surface area contributed by atoms with Crippen LogP contribution >= 0.6 is 0 Å². The molecule has 0 radical (unpaired) electrons. The summed E-state index contributed by atoms with van der Waals surface area (Å²) in [6.45, 7) is 0. The Kier molecular flexibility index (Phi) is 5.99. The molecule has 0 aliphatic carbocycles. The molecule has 4 nitrogen and oxygen atoms in total. The van der Waals surface area contributed by atoms with Gasteiger partial charge in [0, 0.05) is 43.5 Å². The Morgan fingerprint density at radius 3 is 2.10 bits per heavy atom. The topological polar surface area (TPSA) is 47.9 Å². The van der Waals surface area contributed by atoms with Crippen molar-refractivity contribution in [2.45, 2.75) is 0 Å². The van der Waals surface area contributed by atoms with Crippen LogP contribution in [0.5, 0.6) is 0 Å². The van der Waals surface area contributed by atoms with E-state index in [9.17, 15) is 4.79 Å². The first-order chi connectivity index (χ1) is 24.2. The predicted octanol–water partition coefficient (Wildman–Crippen LogP) is 11.9. The maximum Gasteiger partial charge on any atom is 0.556 e. The third-order valence-corrected chi connectivity index (χ3v) is 9.71. The van der Waals surface area contributed by atoms with Crippen molar-refractivity contribution in [3.05, 3.63) is 174 Å². The van der Waals surface area contributed by atoms with Crippen LogP contribution in [0.15, 0.2) is 177 Å². The number of furan rings is 1. The number of hydrogen-bond donors (Lipinski definition) is 0. The van der Waals surface area contributed by atoms with Gasteiger partial charge in [0.15, 0.2) is 5.58 Å². The van der Waals surface area contributed by atoms with Crippen LogP contribution in [0.1, 0.15) is 0 Å². The second-order valence-corrected chi connectivity index (χ2v) is 12.5. The summed E-state index contributed by atoms with van der Waals surface area (Å²) in [7, 11) is 0. The van der Waals surface area contributed by atoms with Gasteiger partial charge in [-0.15, -0.1) is 0 Å². The van der Waals surface area contributed by atoms with Crippen molar-refractivity contribution >= 4 is 54.6 Å². The van der Waals surface area contributed by atoms with E-state index in [1.807, 2.05) is 48.5 Å². The second-order valence-electron chi connectivity index (χ2n) is 12.5. The van der Waals surface area contributed by atoms with Gasteiger partial charge in [-0.25, -0.2) is 0 Å². The average molecular weight is 631 g/mol. The molecule has 4 heteroatoms. The lowest BCUT2D eigenvalue weighted by Crippen LogP contribution is -2.00. The molecule has 0 spiro atoms. The van der Waals surface area contributed by atoms with Crippen molar-refractivity contribution in [2.75, 3.05) is 0 Å². The van der Waals surface area contributed by atoms with Crippen LogP contribution in [0.3, 0.4) is 0 Å². The summed E-state index contributed by atoms with van der Waals surface area (Å²) in [5, 5.41) is 5.79. The molecular weight excluding hydrogens is 602 g/mol.